The molecule has 0 bridgehead atoms. The van der Waals surface area contributed by atoms with Crippen molar-refractivity contribution >= 4 is 11.9 Å². The predicted molar refractivity (Wildman–Crippen MR) is 85.6 cm³/mol. The predicted octanol–water partition coefficient (Wildman–Crippen LogP) is 3.08. The first kappa shape index (κ1) is 16.5. The Balaban J connectivity index is 1.65. The molecular formula is C18H25NO3. The quantitative estimate of drug-likeness (QED) is 0.761. The lowest BCUT2D eigenvalue weighted by Gasteiger charge is -2.17. The van der Waals surface area contributed by atoms with E-state index < -0.39 is 11.9 Å². The summed E-state index contributed by atoms with van der Waals surface area (Å²) in [6.07, 6.45) is 5.62. The Morgan fingerprint density at radius 3 is 2.59 bits per heavy atom. The maximum Gasteiger partial charge on any atom is 0.308 e. The first-order chi connectivity index (χ1) is 10.6. The normalized spacial score (nSPS) is 20.8. The number of amides is 1. The van der Waals surface area contributed by atoms with Gasteiger partial charge in [-0.15, -0.1) is 0 Å². The van der Waals surface area contributed by atoms with Gasteiger partial charge in [-0.05, 0) is 44.6 Å². The van der Waals surface area contributed by atoms with Crippen molar-refractivity contribution in [2.45, 2.75) is 57.9 Å². The van der Waals surface area contributed by atoms with Crippen LogP contribution in [0.5, 0.6) is 0 Å². The average molecular weight is 303 g/mol. The van der Waals surface area contributed by atoms with Gasteiger partial charge in [-0.1, -0.05) is 36.2 Å². The number of benzene rings is 1. The average Bonchev–Trinajstić information content (AvgIpc) is 2.94. The van der Waals surface area contributed by atoms with E-state index in [1.165, 1.54) is 11.1 Å². The number of aliphatic carboxylic acids is 1. The van der Waals surface area contributed by atoms with Gasteiger partial charge in [0.15, 0.2) is 0 Å². The van der Waals surface area contributed by atoms with Crippen molar-refractivity contribution in [3.8, 4) is 0 Å². The fraction of sp³-hybridized carbons (Fsp3) is 0.556. The number of carboxylic acids is 1. The van der Waals surface area contributed by atoms with E-state index in [9.17, 15) is 9.59 Å². The molecule has 2 N–H and O–H groups in total. The first-order valence-corrected chi connectivity index (χ1v) is 8.14. The molecule has 0 radical (unpaired) electrons. The summed E-state index contributed by atoms with van der Waals surface area (Å²) in [6.45, 7) is 2.07. The minimum Gasteiger partial charge on any atom is -0.481 e. The standard InChI is InChI=1S/C18H25NO3/c1-13-9-11-14(12-10-13)5-2-3-8-17(20)19-16-7-4-6-15(16)18(21)22/h9-12,15-16H,2-8H2,1H3,(H,19,20)(H,21,22)/t15-,16+/m0/s1. The van der Waals surface area contributed by atoms with E-state index in [0.29, 0.717) is 12.8 Å². The summed E-state index contributed by atoms with van der Waals surface area (Å²) >= 11 is 0. The number of carboxylic acid groups (broad SMARTS) is 1. The highest BCUT2D eigenvalue weighted by Crippen LogP contribution is 2.25. The van der Waals surface area contributed by atoms with Crippen molar-refractivity contribution in [3.63, 3.8) is 0 Å². The molecule has 1 aliphatic carbocycles. The Bertz CT molecular complexity index is 510. The van der Waals surface area contributed by atoms with Crippen LogP contribution in [0.15, 0.2) is 24.3 Å². The van der Waals surface area contributed by atoms with Crippen LogP contribution in [0.2, 0.25) is 0 Å². The molecule has 120 valence electrons. The van der Waals surface area contributed by atoms with Crippen LogP contribution in [-0.4, -0.2) is 23.0 Å². The van der Waals surface area contributed by atoms with E-state index >= 15 is 0 Å². The van der Waals surface area contributed by atoms with E-state index in [4.69, 9.17) is 5.11 Å². The lowest BCUT2D eigenvalue weighted by Crippen LogP contribution is -2.40. The molecule has 4 nitrogen and oxygen atoms in total. The summed E-state index contributed by atoms with van der Waals surface area (Å²) < 4.78 is 0. The highest BCUT2D eigenvalue weighted by molar-refractivity contribution is 5.78. The zero-order valence-corrected chi connectivity index (χ0v) is 13.2. The number of hydrogen-bond donors (Lipinski definition) is 2. The Morgan fingerprint density at radius 2 is 1.91 bits per heavy atom. The summed E-state index contributed by atoms with van der Waals surface area (Å²) in [5.74, 6) is -1.21. The second-order valence-electron chi connectivity index (χ2n) is 6.24. The Kier molecular flexibility index (Phi) is 5.99. The van der Waals surface area contributed by atoms with Crippen LogP contribution in [0.1, 0.15) is 49.7 Å². The van der Waals surface area contributed by atoms with Crippen LogP contribution in [0, 0.1) is 12.8 Å². The summed E-state index contributed by atoms with van der Waals surface area (Å²) in [5, 5.41) is 12.0. The van der Waals surface area contributed by atoms with Crippen molar-refractivity contribution < 1.29 is 14.7 Å². The summed E-state index contributed by atoms with van der Waals surface area (Å²) in [4.78, 5) is 23.0. The molecule has 1 amide bonds. The molecule has 0 heterocycles. The van der Waals surface area contributed by atoms with E-state index in [2.05, 4.69) is 36.5 Å². The zero-order valence-electron chi connectivity index (χ0n) is 13.2. The fourth-order valence-electron chi connectivity index (χ4n) is 3.08. The van der Waals surface area contributed by atoms with Crippen LogP contribution in [0.25, 0.3) is 0 Å². The van der Waals surface area contributed by atoms with Gasteiger partial charge in [-0.3, -0.25) is 9.59 Å². The van der Waals surface area contributed by atoms with Crippen LogP contribution >= 0.6 is 0 Å². The molecule has 1 saturated carbocycles. The van der Waals surface area contributed by atoms with Gasteiger partial charge in [0.25, 0.3) is 0 Å². The van der Waals surface area contributed by atoms with E-state index in [1.807, 2.05) is 0 Å². The van der Waals surface area contributed by atoms with Gasteiger partial charge in [0.2, 0.25) is 5.91 Å². The highest BCUT2D eigenvalue weighted by Gasteiger charge is 2.33. The number of nitrogens with one attached hydrogen (secondary N) is 1. The number of carbonyl (C=O) groups is 2. The largest absolute Gasteiger partial charge is 0.481 e. The van der Waals surface area contributed by atoms with Crippen molar-refractivity contribution in [3.05, 3.63) is 35.4 Å². The number of hydrogen-bond acceptors (Lipinski definition) is 2. The van der Waals surface area contributed by atoms with Gasteiger partial charge >= 0.3 is 5.97 Å². The van der Waals surface area contributed by atoms with Gasteiger partial charge < -0.3 is 10.4 Å². The van der Waals surface area contributed by atoms with Crippen LogP contribution < -0.4 is 5.32 Å². The Hall–Kier alpha value is -1.84. The van der Waals surface area contributed by atoms with E-state index in [0.717, 1.165) is 32.1 Å². The fourth-order valence-corrected chi connectivity index (χ4v) is 3.08. The van der Waals surface area contributed by atoms with Crippen molar-refractivity contribution in [1.82, 2.24) is 5.32 Å². The molecule has 2 rings (SSSR count). The third kappa shape index (κ3) is 4.86. The molecule has 22 heavy (non-hydrogen) atoms. The summed E-state index contributed by atoms with van der Waals surface area (Å²) in [7, 11) is 0. The zero-order chi connectivity index (χ0) is 15.9. The second-order valence-corrected chi connectivity index (χ2v) is 6.24. The molecule has 0 spiro atoms. The maximum atomic E-state index is 11.9. The van der Waals surface area contributed by atoms with E-state index in [1.54, 1.807) is 0 Å². The van der Waals surface area contributed by atoms with Gasteiger partial charge in [0, 0.05) is 12.5 Å². The minimum atomic E-state index is -0.790. The number of rotatable bonds is 7. The third-order valence-corrected chi connectivity index (χ3v) is 4.42. The van der Waals surface area contributed by atoms with Crippen molar-refractivity contribution in [2.75, 3.05) is 0 Å². The molecule has 4 heteroatoms. The molecule has 1 aliphatic rings. The smallest absolute Gasteiger partial charge is 0.308 e. The van der Waals surface area contributed by atoms with Crippen LogP contribution in [0.3, 0.4) is 0 Å². The molecule has 0 aromatic heterocycles. The molecular weight excluding hydrogens is 278 g/mol. The number of aryl methyl sites for hydroxylation is 2. The Labute approximate surface area is 131 Å². The SMILES string of the molecule is Cc1ccc(CCCCC(=O)N[C@@H]2CCC[C@@H]2C(=O)O)cc1. The number of carbonyl (C=O) groups excluding carboxylic acids is 1. The lowest BCUT2D eigenvalue weighted by molar-refractivity contribution is -0.142. The van der Waals surface area contributed by atoms with Gasteiger partial charge in [0.05, 0.1) is 5.92 Å². The van der Waals surface area contributed by atoms with Gasteiger partial charge in [-0.2, -0.15) is 0 Å². The minimum absolute atomic E-state index is 0.0120. The maximum absolute atomic E-state index is 11.9. The molecule has 2 atom stereocenters. The first-order valence-electron chi connectivity index (χ1n) is 8.14. The molecule has 1 aromatic carbocycles. The lowest BCUT2D eigenvalue weighted by atomic mass is 10.0. The molecule has 1 aromatic rings. The van der Waals surface area contributed by atoms with Crippen LogP contribution in [-0.2, 0) is 16.0 Å². The van der Waals surface area contributed by atoms with E-state index in [-0.39, 0.29) is 11.9 Å². The Morgan fingerprint density at radius 1 is 1.18 bits per heavy atom. The summed E-state index contributed by atoms with van der Waals surface area (Å²) in [6, 6.07) is 8.29. The van der Waals surface area contributed by atoms with Gasteiger partial charge in [-0.25, -0.2) is 0 Å². The second kappa shape index (κ2) is 7.97. The summed E-state index contributed by atoms with van der Waals surface area (Å²) in [5.41, 5.74) is 2.56. The monoisotopic (exact) mass is 303 g/mol. The van der Waals surface area contributed by atoms with Gasteiger partial charge in [0.1, 0.15) is 0 Å². The number of unbranched alkanes of at least 4 members (excludes halogenated alkanes) is 1. The highest BCUT2D eigenvalue weighted by atomic mass is 16.4. The molecule has 1 fully saturated rings. The van der Waals surface area contributed by atoms with Crippen molar-refractivity contribution in [2.24, 2.45) is 5.92 Å². The third-order valence-electron chi connectivity index (χ3n) is 4.42. The topological polar surface area (TPSA) is 66.4 Å². The van der Waals surface area contributed by atoms with Crippen LogP contribution in [0.4, 0.5) is 0 Å². The molecule has 0 aliphatic heterocycles. The molecule has 0 saturated heterocycles. The van der Waals surface area contributed by atoms with Crippen molar-refractivity contribution in [1.29, 1.82) is 0 Å². The molecule has 0 unspecified atom stereocenters.